The quantitative estimate of drug-likeness (QED) is 0.651. The summed E-state index contributed by atoms with van der Waals surface area (Å²) in [5, 5.41) is 5.21. The van der Waals surface area contributed by atoms with Gasteiger partial charge >= 0.3 is 0 Å². The Bertz CT molecular complexity index is 1230. The minimum absolute atomic E-state index is 0.0856. The molecule has 2 aromatic carbocycles. The molecule has 5 rings (SSSR count). The van der Waals surface area contributed by atoms with E-state index < -0.39 is 36.5 Å². The third kappa shape index (κ3) is 4.62. The van der Waals surface area contributed by atoms with E-state index in [1.807, 2.05) is 17.4 Å². The lowest BCUT2D eigenvalue weighted by molar-refractivity contribution is -0.136. The number of morpholine rings is 1. The van der Waals surface area contributed by atoms with Crippen molar-refractivity contribution >= 4 is 23.4 Å². The summed E-state index contributed by atoms with van der Waals surface area (Å²) in [5.41, 5.74) is 3.83. The van der Waals surface area contributed by atoms with Crippen LogP contribution >= 0.6 is 0 Å². The summed E-state index contributed by atoms with van der Waals surface area (Å²) in [6, 6.07) is 11.6. The van der Waals surface area contributed by atoms with E-state index in [2.05, 4.69) is 22.3 Å². The Morgan fingerprint density at radius 1 is 1.06 bits per heavy atom. The zero-order valence-electron chi connectivity index (χ0n) is 22.1. The lowest BCUT2D eigenvalue weighted by Gasteiger charge is -2.29. The molecule has 2 fully saturated rings. The van der Waals surface area contributed by atoms with Gasteiger partial charge in [0, 0.05) is 61.4 Å². The molecule has 3 aliphatic rings. The molecule has 0 bridgehead atoms. The Labute approximate surface area is 198 Å². The number of nitrogens with zero attached hydrogens (tertiary/aromatic N) is 2. The molecular formula is C25H28N4O4. The van der Waals surface area contributed by atoms with Crippen LogP contribution in [0.25, 0.3) is 0 Å². The number of anilines is 1. The molecule has 8 heteroatoms. The first-order valence-corrected chi connectivity index (χ1v) is 11.0. The van der Waals surface area contributed by atoms with E-state index in [1.54, 1.807) is 18.2 Å². The lowest BCUT2D eigenvalue weighted by atomic mass is 10.0. The molecule has 0 saturated carbocycles. The molecular weight excluding hydrogens is 420 g/mol. The number of hydrogen-bond acceptors (Lipinski definition) is 6. The van der Waals surface area contributed by atoms with E-state index in [4.69, 9.17) is 10.2 Å². The fourth-order valence-corrected chi connectivity index (χ4v) is 4.34. The Morgan fingerprint density at radius 2 is 1.82 bits per heavy atom. The Balaban J connectivity index is 1.29. The molecule has 8 nitrogen and oxygen atoms in total. The first-order valence-electron chi connectivity index (χ1n) is 13.0. The van der Waals surface area contributed by atoms with Crippen LogP contribution in [0.15, 0.2) is 42.5 Å². The monoisotopic (exact) mass is 452 g/mol. The predicted octanol–water partition coefficient (Wildman–Crippen LogP) is 1.89. The summed E-state index contributed by atoms with van der Waals surface area (Å²) in [6.45, 7) is 4.62. The molecule has 2 aromatic rings. The van der Waals surface area contributed by atoms with Crippen molar-refractivity contribution in [2.75, 3.05) is 31.6 Å². The fraction of sp³-hybridized carbons (Fsp3) is 0.400. The van der Waals surface area contributed by atoms with Crippen LogP contribution in [0.1, 0.15) is 45.3 Å². The highest BCUT2D eigenvalue weighted by atomic mass is 16.5. The van der Waals surface area contributed by atoms with Gasteiger partial charge in [-0.3, -0.25) is 24.6 Å². The standard InChI is InChI=1S/C25H28N4O4/c30-23-9-8-22(24(31)27-23)29-16-20-19(25(29)32)2-1-3-21(20)26-14-17-4-6-18(7-5-17)15-28-10-12-33-13-11-28/h1-7,22,26H,8-16H2,(H,27,30,31)/i8D2,9D2. The maximum atomic E-state index is 13.2. The van der Waals surface area contributed by atoms with Gasteiger partial charge in [-0.1, -0.05) is 30.3 Å². The second-order valence-corrected chi connectivity index (χ2v) is 8.31. The number of imide groups is 1. The van der Waals surface area contributed by atoms with Crippen molar-refractivity contribution in [1.29, 1.82) is 0 Å². The largest absolute Gasteiger partial charge is 0.381 e. The Morgan fingerprint density at radius 3 is 2.61 bits per heavy atom. The zero-order chi connectivity index (χ0) is 26.4. The maximum Gasteiger partial charge on any atom is 0.255 e. The van der Waals surface area contributed by atoms with Crippen LogP contribution in [0.3, 0.4) is 0 Å². The van der Waals surface area contributed by atoms with Crippen molar-refractivity contribution in [2.45, 2.75) is 38.4 Å². The van der Waals surface area contributed by atoms with Crippen LogP contribution in [0.5, 0.6) is 0 Å². The van der Waals surface area contributed by atoms with Crippen LogP contribution in [-0.2, 0) is 34.0 Å². The number of piperidine rings is 1. The summed E-state index contributed by atoms with van der Waals surface area (Å²) < 4.78 is 37.7. The summed E-state index contributed by atoms with van der Waals surface area (Å²) in [4.78, 5) is 41.1. The molecule has 2 N–H and O–H groups in total. The van der Waals surface area contributed by atoms with Gasteiger partial charge in [-0.15, -0.1) is 0 Å². The number of fused-ring (bicyclic) bond motifs is 1. The third-order valence-corrected chi connectivity index (χ3v) is 6.13. The number of ether oxygens (including phenoxy) is 1. The third-order valence-electron chi connectivity index (χ3n) is 6.13. The Hall–Kier alpha value is -3.23. The molecule has 33 heavy (non-hydrogen) atoms. The van der Waals surface area contributed by atoms with E-state index in [1.165, 1.54) is 5.56 Å². The van der Waals surface area contributed by atoms with Crippen molar-refractivity contribution in [3.05, 3.63) is 64.7 Å². The topological polar surface area (TPSA) is 91.0 Å². The molecule has 3 amide bonds. The summed E-state index contributed by atoms with van der Waals surface area (Å²) >= 11 is 0. The van der Waals surface area contributed by atoms with Crippen LogP contribution in [0, 0.1) is 0 Å². The number of nitrogens with one attached hydrogen (secondary N) is 2. The predicted molar refractivity (Wildman–Crippen MR) is 122 cm³/mol. The molecule has 1 atom stereocenters. The number of carbonyl (C=O) groups is 3. The highest BCUT2D eigenvalue weighted by Crippen LogP contribution is 2.32. The Kier molecular flexibility index (Phi) is 4.88. The normalized spacial score (nSPS) is 26.0. The van der Waals surface area contributed by atoms with Gasteiger partial charge in [0.05, 0.1) is 13.2 Å². The molecule has 0 spiro atoms. The molecule has 3 heterocycles. The average molecular weight is 453 g/mol. The van der Waals surface area contributed by atoms with Crippen LogP contribution in [0.4, 0.5) is 5.69 Å². The average Bonchev–Trinajstić information content (AvgIpc) is 3.19. The molecule has 0 radical (unpaired) electrons. The van der Waals surface area contributed by atoms with Gasteiger partial charge < -0.3 is 15.0 Å². The minimum Gasteiger partial charge on any atom is -0.381 e. The van der Waals surface area contributed by atoms with Crippen molar-refractivity contribution in [3.8, 4) is 0 Å². The van der Waals surface area contributed by atoms with E-state index in [0.717, 1.165) is 43.3 Å². The molecule has 3 aliphatic heterocycles. The van der Waals surface area contributed by atoms with Crippen LogP contribution in [0.2, 0.25) is 0 Å². The molecule has 0 aromatic heterocycles. The van der Waals surface area contributed by atoms with Gasteiger partial charge in [0.2, 0.25) is 11.8 Å². The van der Waals surface area contributed by atoms with Crippen LogP contribution in [-0.4, -0.2) is 59.9 Å². The number of carbonyl (C=O) groups excluding carboxylic acids is 3. The second-order valence-electron chi connectivity index (χ2n) is 8.31. The van der Waals surface area contributed by atoms with Crippen molar-refractivity contribution in [1.82, 2.24) is 15.1 Å². The molecule has 0 aliphatic carbocycles. The van der Waals surface area contributed by atoms with Crippen molar-refractivity contribution in [2.24, 2.45) is 0 Å². The highest BCUT2D eigenvalue weighted by Gasteiger charge is 2.39. The second kappa shape index (κ2) is 9.33. The molecule has 2 saturated heterocycles. The highest BCUT2D eigenvalue weighted by molar-refractivity contribution is 6.06. The maximum absolute atomic E-state index is 13.2. The SMILES string of the molecule is [2H]C1([2H])C(=O)NC(=O)C(N2Cc3c(NCc4ccc(CN5CCOCC5)cc4)cccc3C2=O)C1([2H])[2H]. The number of hydrogen-bond donors (Lipinski definition) is 2. The van der Waals surface area contributed by atoms with Gasteiger partial charge in [-0.25, -0.2) is 0 Å². The number of amides is 3. The van der Waals surface area contributed by atoms with E-state index in [0.29, 0.717) is 23.4 Å². The van der Waals surface area contributed by atoms with Gasteiger partial charge in [-0.05, 0) is 29.6 Å². The number of rotatable bonds is 6. The summed E-state index contributed by atoms with van der Waals surface area (Å²) in [6.07, 6.45) is -5.88. The molecule has 172 valence electrons. The first kappa shape index (κ1) is 17.3. The number of benzene rings is 2. The smallest absolute Gasteiger partial charge is 0.255 e. The fourth-order valence-electron chi connectivity index (χ4n) is 4.34. The first-order chi connectivity index (χ1) is 17.6. The van der Waals surface area contributed by atoms with Crippen molar-refractivity contribution in [3.63, 3.8) is 0 Å². The van der Waals surface area contributed by atoms with Crippen molar-refractivity contribution < 1.29 is 24.6 Å². The minimum atomic E-state index is -2.98. The summed E-state index contributed by atoms with van der Waals surface area (Å²) in [5.74, 6) is -2.96. The van der Waals surface area contributed by atoms with Gasteiger partial charge in [0.25, 0.3) is 5.91 Å². The van der Waals surface area contributed by atoms with E-state index in [9.17, 15) is 14.4 Å². The van der Waals surface area contributed by atoms with Gasteiger partial charge in [-0.2, -0.15) is 0 Å². The summed E-state index contributed by atoms with van der Waals surface area (Å²) in [7, 11) is 0. The van der Waals surface area contributed by atoms with E-state index >= 15 is 0 Å². The lowest BCUT2D eigenvalue weighted by Crippen LogP contribution is -2.52. The molecule has 1 unspecified atom stereocenters. The zero-order valence-corrected chi connectivity index (χ0v) is 18.1. The van der Waals surface area contributed by atoms with Gasteiger partial charge in [0.1, 0.15) is 6.04 Å². The van der Waals surface area contributed by atoms with Crippen LogP contribution < -0.4 is 10.6 Å². The van der Waals surface area contributed by atoms with E-state index in [-0.39, 0.29) is 6.54 Å². The van der Waals surface area contributed by atoms with Gasteiger partial charge in [0.15, 0.2) is 0 Å².